The highest BCUT2D eigenvalue weighted by molar-refractivity contribution is 9.10. The second kappa shape index (κ2) is 6.25. The quantitative estimate of drug-likeness (QED) is 0.883. The zero-order chi connectivity index (χ0) is 13.9. The van der Waals surface area contributed by atoms with E-state index >= 15 is 0 Å². The van der Waals surface area contributed by atoms with Gasteiger partial charge in [0.05, 0.1) is 5.02 Å². The third-order valence-electron chi connectivity index (χ3n) is 3.67. The molecular formula is C14H18BrClN2O. The number of benzene rings is 1. The Hall–Kier alpha value is -0.580. The Morgan fingerprint density at radius 3 is 2.79 bits per heavy atom. The molecule has 0 saturated carbocycles. The molecule has 1 aromatic rings. The maximum Gasteiger partial charge on any atom is 0.251 e. The number of nitrogens with one attached hydrogen (secondary N) is 2. The van der Waals surface area contributed by atoms with Crippen LogP contribution in [0.4, 0.5) is 0 Å². The second-order valence-electron chi connectivity index (χ2n) is 5.37. The first-order chi connectivity index (χ1) is 9.00. The van der Waals surface area contributed by atoms with E-state index in [1.54, 1.807) is 18.2 Å². The van der Waals surface area contributed by atoms with Crippen LogP contribution in [-0.2, 0) is 0 Å². The summed E-state index contributed by atoms with van der Waals surface area (Å²) >= 11 is 9.32. The van der Waals surface area contributed by atoms with Gasteiger partial charge in [-0.2, -0.15) is 0 Å². The van der Waals surface area contributed by atoms with Crippen LogP contribution in [0.15, 0.2) is 22.7 Å². The highest BCUT2D eigenvalue weighted by atomic mass is 79.9. The monoisotopic (exact) mass is 344 g/mol. The molecule has 0 atom stereocenters. The van der Waals surface area contributed by atoms with Gasteiger partial charge in [0.2, 0.25) is 0 Å². The zero-order valence-electron chi connectivity index (χ0n) is 10.9. The van der Waals surface area contributed by atoms with Gasteiger partial charge in [0, 0.05) is 16.6 Å². The van der Waals surface area contributed by atoms with E-state index in [9.17, 15) is 4.79 Å². The Balaban J connectivity index is 1.95. The largest absolute Gasteiger partial charge is 0.351 e. The highest BCUT2D eigenvalue weighted by Gasteiger charge is 2.27. The number of amides is 1. The third-order valence-corrected chi connectivity index (χ3v) is 4.90. The Labute approximate surface area is 127 Å². The van der Waals surface area contributed by atoms with Crippen molar-refractivity contribution in [2.24, 2.45) is 5.41 Å². The maximum atomic E-state index is 12.1. The molecule has 3 nitrogen and oxygen atoms in total. The molecule has 104 valence electrons. The molecule has 1 fully saturated rings. The van der Waals surface area contributed by atoms with Crippen molar-refractivity contribution in [1.29, 1.82) is 0 Å². The Morgan fingerprint density at radius 2 is 2.16 bits per heavy atom. The summed E-state index contributed by atoms with van der Waals surface area (Å²) in [6.45, 7) is 4.98. The lowest BCUT2D eigenvalue weighted by Gasteiger charge is -2.34. The topological polar surface area (TPSA) is 41.1 Å². The van der Waals surface area contributed by atoms with Gasteiger partial charge in [0.15, 0.2) is 0 Å². The minimum atomic E-state index is -0.0610. The van der Waals surface area contributed by atoms with E-state index < -0.39 is 0 Å². The van der Waals surface area contributed by atoms with Gasteiger partial charge in [-0.05, 0) is 65.5 Å². The molecule has 0 aromatic heterocycles. The van der Waals surface area contributed by atoms with Crippen molar-refractivity contribution in [3.8, 4) is 0 Å². The molecule has 0 bridgehead atoms. The Morgan fingerprint density at radius 1 is 1.47 bits per heavy atom. The zero-order valence-corrected chi connectivity index (χ0v) is 13.3. The van der Waals surface area contributed by atoms with Crippen LogP contribution in [0.3, 0.4) is 0 Å². The molecule has 0 unspecified atom stereocenters. The average Bonchev–Trinajstić information content (AvgIpc) is 2.40. The molecule has 1 amide bonds. The van der Waals surface area contributed by atoms with Gasteiger partial charge in [-0.3, -0.25) is 4.79 Å². The summed E-state index contributed by atoms with van der Waals surface area (Å²) < 4.78 is 0.802. The van der Waals surface area contributed by atoms with Crippen LogP contribution >= 0.6 is 27.5 Å². The summed E-state index contributed by atoms with van der Waals surface area (Å²) in [6.07, 6.45) is 2.18. The molecule has 0 spiro atoms. The van der Waals surface area contributed by atoms with E-state index in [1.807, 2.05) is 0 Å². The van der Waals surface area contributed by atoms with Crippen molar-refractivity contribution in [2.45, 2.75) is 19.8 Å². The molecule has 0 radical (unpaired) electrons. The second-order valence-corrected chi connectivity index (χ2v) is 6.63. The van der Waals surface area contributed by atoms with Crippen molar-refractivity contribution in [2.75, 3.05) is 19.6 Å². The Bertz CT molecular complexity index is 473. The summed E-state index contributed by atoms with van der Waals surface area (Å²) in [5, 5.41) is 6.91. The smallest absolute Gasteiger partial charge is 0.251 e. The lowest BCUT2D eigenvalue weighted by Crippen LogP contribution is -2.42. The molecule has 5 heteroatoms. The van der Waals surface area contributed by atoms with Crippen LogP contribution in [0.25, 0.3) is 0 Å². The predicted molar refractivity (Wildman–Crippen MR) is 81.7 cm³/mol. The van der Waals surface area contributed by atoms with E-state index in [0.717, 1.165) is 30.4 Å². The van der Waals surface area contributed by atoms with Crippen molar-refractivity contribution in [3.63, 3.8) is 0 Å². The molecule has 1 saturated heterocycles. The lowest BCUT2D eigenvalue weighted by molar-refractivity contribution is 0.0922. The van der Waals surface area contributed by atoms with Gasteiger partial charge in [0.25, 0.3) is 5.91 Å². The van der Waals surface area contributed by atoms with Crippen LogP contribution in [0.5, 0.6) is 0 Å². The van der Waals surface area contributed by atoms with Crippen molar-refractivity contribution in [1.82, 2.24) is 10.6 Å². The van der Waals surface area contributed by atoms with E-state index in [1.165, 1.54) is 0 Å². The summed E-state index contributed by atoms with van der Waals surface area (Å²) in [4.78, 5) is 12.1. The molecule has 0 aliphatic carbocycles. The first-order valence-electron chi connectivity index (χ1n) is 6.44. The predicted octanol–water partition coefficient (Wildman–Crippen LogP) is 3.22. The van der Waals surface area contributed by atoms with E-state index in [2.05, 4.69) is 33.5 Å². The van der Waals surface area contributed by atoms with E-state index in [4.69, 9.17) is 11.6 Å². The summed E-state index contributed by atoms with van der Waals surface area (Å²) in [6, 6.07) is 5.26. The van der Waals surface area contributed by atoms with E-state index in [0.29, 0.717) is 17.1 Å². The summed E-state index contributed by atoms with van der Waals surface area (Å²) in [7, 11) is 0. The number of piperidine rings is 1. The molecule has 1 heterocycles. The fourth-order valence-corrected chi connectivity index (χ4v) is 2.67. The van der Waals surface area contributed by atoms with Gasteiger partial charge < -0.3 is 10.6 Å². The van der Waals surface area contributed by atoms with Gasteiger partial charge >= 0.3 is 0 Å². The van der Waals surface area contributed by atoms with Crippen LogP contribution in [-0.4, -0.2) is 25.5 Å². The van der Waals surface area contributed by atoms with Crippen molar-refractivity contribution >= 4 is 33.4 Å². The first-order valence-corrected chi connectivity index (χ1v) is 7.61. The van der Waals surface area contributed by atoms with Crippen molar-refractivity contribution in [3.05, 3.63) is 33.3 Å². The molecule has 19 heavy (non-hydrogen) atoms. The van der Waals surface area contributed by atoms with Crippen LogP contribution < -0.4 is 10.6 Å². The van der Waals surface area contributed by atoms with Crippen LogP contribution in [0.2, 0.25) is 5.02 Å². The molecule has 2 N–H and O–H groups in total. The number of hydrogen-bond acceptors (Lipinski definition) is 2. The first kappa shape index (κ1) is 14.8. The Kier molecular flexibility index (Phi) is 4.87. The SMILES string of the molecule is CC1(CNC(=O)c2ccc(Br)c(Cl)c2)CCNCC1. The number of hydrogen-bond donors (Lipinski definition) is 2. The maximum absolute atomic E-state index is 12.1. The standard InChI is InChI=1S/C14H18BrClN2O/c1-14(4-6-17-7-5-14)9-18-13(19)10-2-3-11(15)12(16)8-10/h2-3,8,17H,4-7,9H2,1H3,(H,18,19). The van der Waals surface area contributed by atoms with Gasteiger partial charge in [-0.25, -0.2) is 0 Å². The van der Waals surface area contributed by atoms with Crippen LogP contribution in [0, 0.1) is 5.41 Å². The minimum Gasteiger partial charge on any atom is -0.351 e. The highest BCUT2D eigenvalue weighted by Crippen LogP contribution is 2.27. The van der Waals surface area contributed by atoms with Crippen molar-refractivity contribution < 1.29 is 4.79 Å². The lowest BCUT2D eigenvalue weighted by atomic mass is 9.81. The number of halogens is 2. The summed E-state index contributed by atoms with van der Waals surface area (Å²) in [5.41, 5.74) is 0.797. The molecule has 1 aliphatic heterocycles. The number of rotatable bonds is 3. The normalized spacial score (nSPS) is 18.1. The molecule has 1 aromatic carbocycles. The number of carbonyl (C=O) groups is 1. The van der Waals surface area contributed by atoms with E-state index in [-0.39, 0.29) is 11.3 Å². The summed E-state index contributed by atoms with van der Waals surface area (Å²) in [5.74, 6) is -0.0610. The number of carbonyl (C=O) groups excluding carboxylic acids is 1. The molecule has 1 aliphatic rings. The van der Waals surface area contributed by atoms with Gasteiger partial charge in [-0.1, -0.05) is 18.5 Å². The minimum absolute atomic E-state index is 0.0610. The third kappa shape index (κ3) is 3.94. The molecule has 2 rings (SSSR count). The van der Waals surface area contributed by atoms with Gasteiger partial charge in [-0.15, -0.1) is 0 Å². The fourth-order valence-electron chi connectivity index (χ4n) is 2.24. The van der Waals surface area contributed by atoms with Crippen LogP contribution in [0.1, 0.15) is 30.1 Å². The fraction of sp³-hybridized carbons (Fsp3) is 0.500. The average molecular weight is 346 g/mol. The molecular weight excluding hydrogens is 328 g/mol. The van der Waals surface area contributed by atoms with Gasteiger partial charge in [0.1, 0.15) is 0 Å².